The van der Waals surface area contributed by atoms with Crippen LogP contribution in [0.3, 0.4) is 0 Å². The van der Waals surface area contributed by atoms with Crippen LogP contribution in [0.4, 0.5) is 0 Å². The number of para-hydroxylation sites is 2. The van der Waals surface area contributed by atoms with E-state index in [0.717, 1.165) is 6.42 Å². The second kappa shape index (κ2) is 8.48. The van der Waals surface area contributed by atoms with Crippen LogP contribution in [-0.4, -0.2) is 4.57 Å². The minimum Gasteiger partial charge on any atom is -0.309 e. The van der Waals surface area contributed by atoms with E-state index in [9.17, 15) is 0 Å². The Bertz CT molecular complexity index is 2210. The SMILES string of the molecule is CC1(C)C2=C(C=CC(c3cccc(-c4ccc5c(c4)c4cccc6c4n5-c4ccccc4C6(C)C)c3)C2)c2ccccc21. The molecule has 1 heteroatoms. The molecule has 6 aromatic rings. The van der Waals surface area contributed by atoms with E-state index in [0.29, 0.717) is 5.92 Å². The van der Waals surface area contributed by atoms with Crippen molar-refractivity contribution >= 4 is 27.4 Å². The predicted octanol–water partition coefficient (Wildman–Crippen LogP) is 10.9. The second-order valence-corrected chi connectivity index (χ2v) is 13.8. The molecule has 1 unspecified atom stereocenters. The van der Waals surface area contributed by atoms with Gasteiger partial charge in [-0.1, -0.05) is 136 Å². The van der Waals surface area contributed by atoms with Crippen molar-refractivity contribution in [3.05, 3.63) is 155 Å². The lowest BCUT2D eigenvalue weighted by Gasteiger charge is -2.34. The zero-order valence-electron chi connectivity index (χ0n) is 25.3. The van der Waals surface area contributed by atoms with Crippen LogP contribution in [0.2, 0.25) is 0 Å². The van der Waals surface area contributed by atoms with Gasteiger partial charge in [-0.3, -0.25) is 0 Å². The van der Waals surface area contributed by atoms with Gasteiger partial charge in [0.25, 0.3) is 0 Å². The van der Waals surface area contributed by atoms with Crippen LogP contribution in [0, 0.1) is 0 Å². The Labute approximate surface area is 253 Å². The third kappa shape index (κ3) is 3.28. The van der Waals surface area contributed by atoms with Crippen LogP contribution >= 0.6 is 0 Å². The van der Waals surface area contributed by atoms with Crippen molar-refractivity contribution < 1.29 is 0 Å². The zero-order valence-corrected chi connectivity index (χ0v) is 25.3. The molecule has 1 aromatic heterocycles. The molecule has 208 valence electrons. The first kappa shape index (κ1) is 24.9. The van der Waals surface area contributed by atoms with E-state index in [-0.39, 0.29) is 10.8 Å². The Balaban J connectivity index is 1.14. The fourth-order valence-electron chi connectivity index (χ4n) is 8.50. The number of hydrogen-bond donors (Lipinski definition) is 0. The van der Waals surface area contributed by atoms with Crippen molar-refractivity contribution in [2.75, 3.05) is 0 Å². The number of nitrogens with zero attached hydrogens (tertiary/aromatic N) is 1. The topological polar surface area (TPSA) is 4.93 Å². The Morgan fingerprint density at radius 1 is 0.628 bits per heavy atom. The van der Waals surface area contributed by atoms with Gasteiger partial charge < -0.3 is 4.57 Å². The number of benzene rings is 5. The number of aromatic nitrogens is 1. The standard InChI is InChI=1S/C42H35N/c1-41(2)34-15-6-5-13-30(34)31-21-19-29(25-37(31)41)27-12-9-11-26(23-27)28-20-22-38-33(24-28)32-14-10-17-36-40(32)43(38)39-18-8-7-16-35(39)42(36,3)4/h5-24,29H,25H2,1-4H3. The first-order chi connectivity index (χ1) is 20.8. The molecule has 5 aromatic carbocycles. The van der Waals surface area contributed by atoms with Gasteiger partial charge in [-0.2, -0.15) is 0 Å². The molecule has 0 amide bonds. The van der Waals surface area contributed by atoms with Crippen LogP contribution in [0.5, 0.6) is 0 Å². The van der Waals surface area contributed by atoms with Crippen molar-refractivity contribution in [1.82, 2.24) is 4.57 Å². The van der Waals surface area contributed by atoms with E-state index in [2.05, 4.69) is 154 Å². The molecule has 2 aliphatic carbocycles. The lowest BCUT2D eigenvalue weighted by atomic mass is 9.75. The first-order valence-electron chi connectivity index (χ1n) is 15.6. The van der Waals surface area contributed by atoms with Gasteiger partial charge >= 0.3 is 0 Å². The minimum absolute atomic E-state index is 0.0459. The van der Waals surface area contributed by atoms with E-state index in [4.69, 9.17) is 0 Å². The predicted molar refractivity (Wildman–Crippen MR) is 181 cm³/mol. The van der Waals surface area contributed by atoms with Gasteiger partial charge in [0, 0.05) is 27.5 Å². The lowest BCUT2D eigenvalue weighted by Crippen LogP contribution is -2.26. The molecule has 0 saturated heterocycles. The summed E-state index contributed by atoms with van der Waals surface area (Å²) in [6, 6.07) is 41.1. The maximum Gasteiger partial charge on any atom is 0.0582 e. The summed E-state index contributed by atoms with van der Waals surface area (Å²) in [6.45, 7) is 9.52. The molecule has 1 nitrogen and oxygen atoms in total. The van der Waals surface area contributed by atoms with Gasteiger partial charge in [0.05, 0.1) is 16.7 Å². The molecule has 0 saturated carbocycles. The maximum absolute atomic E-state index is 2.50. The van der Waals surface area contributed by atoms with Crippen LogP contribution < -0.4 is 0 Å². The van der Waals surface area contributed by atoms with Gasteiger partial charge in [0.1, 0.15) is 0 Å². The summed E-state index contributed by atoms with van der Waals surface area (Å²) in [7, 11) is 0. The van der Waals surface area contributed by atoms with Crippen molar-refractivity contribution in [3.63, 3.8) is 0 Å². The molecule has 3 aliphatic rings. The third-order valence-corrected chi connectivity index (χ3v) is 10.8. The Kier molecular flexibility index (Phi) is 4.92. The third-order valence-electron chi connectivity index (χ3n) is 10.8. The van der Waals surface area contributed by atoms with Gasteiger partial charge in [-0.15, -0.1) is 0 Å². The van der Waals surface area contributed by atoms with E-state index >= 15 is 0 Å². The summed E-state index contributed by atoms with van der Waals surface area (Å²) in [5.41, 5.74) is 16.6. The molecular formula is C42H35N. The molecule has 1 aliphatic heterocycles. The second-order valence-electron chi connectivity index (χ2n) is 13.8. The van der Waals surface area contributed by atoms with Gasteiger partial charge in [0.15, 0.2) is 0 Å². The molecule has 43 heavy (non-hydrogen) atoms. The average molecular weight is 554 g/mol. The van der Waals surface area contributed by atoms with E-state index in [1.165, 1.54) is 72.0 Å². The minimum atomic E-state index is -0.0459. The highest BCUT2D eigenvalue weighted by atomic mass is 15.0. The molecule has 0 fully saturated rings. The molecule has 1 atom stereocenters. The van der Waals surface area contributed by atoms with Crippen LogP contribution in [0.15, 0.2) is 127 Å². The number of allylic oxidation sites excluding steroid dienone is 4. The molecule has 0 N–H and O–H groups in total. The maximum atomic E-state index is 2.50. The fraction of sp³-hybridized carbons (Fsp3) is 0.190. The number of fused-ring (bicyclic) bond motifs is 7. The monoisotopic (exact) mass is 553 g/mol. The summed E-state index contributed by atoms with van der Waals surface area (Å²) in [5.74, 6) is 0.383. The molecule has 0 bridgehead atoms. The quantitative estimate of drug-likeness (QED) is 0.201. The molecular weight excluding hydrogens is 518 g/mol. The average Bonchev–Trinajstić information content (AvgIpc) is 3.49. The zero-order chi connectivity index (χ0) is 29.1. The van der Waals surface area contributed by atoms with Gasteiger partial charge in [0.2, 0.25) is 0 Å². The van der Waals surface area contributed by atoms with E-state index < -0.39 is 0 Å². The Hall–Kier alpha value is -4.62. The molecule has 2 heterocycles. The summed E-state index contributed by atoms with van der Waals surface area (Å²) in [5, 5.41) is 2.66. The van der Waals surface area contributed by atoms with Gasteiger partial charge in [-0.25, -0.2) is 0 Å². The van der Waals surface area contributed by atoms with E-state index in [1.54, 1.807) is 5.57 Å². The lowest BCUT2D eigenvalue weighted by molar-refractivity contribution is 0.591. The normalized spacial score (nSPS) is 19.0. The highest BCUT2D eigenvalue weighted by Gasteiger charge is 2.39. The first-order valence-corrected chi connectivity index (χ1v) is 15.6. The Morgan fingerprint density at radius 2 is 1.37 bits per heavy atom. The highest BCUT2D eigenvalue weighted by Crippen LogP contribution is 2.52. The highest BCUT2D eigenvalue weighted by molar-refractivity contribution is 6.12. The smallest absolute Gasteiger partial charge is 0.0582 e. The number of hydrogen-bond acceptors (Lipinski definition) is 0. The summed E-state index contributed by atoms with van der Waals surface area (Å²) >= 11 is 0. The van der Waals surface area contributed by atoms with Crippen molar-refractivity contribution in [3.8, 4) is 16.8 Å². The van der Waals surface area contributed by atoms with Crippen molar-refractivity contribution in [1.29, 1.82) is 0 Å². The summed E-state index contributed by atoms with van der Waals surface area (Å²) < 4.78 is 2.50. The summed E-state index contributed by atoms with van der Waals surface area (Å²) in [6.07, 6.45) is 5.90. The number of rotatable bonds is 2. The molecule has 9 rings (SSSR count). The fourth-order valence-corrected chi connectivity index (χ4v) is 8.50. The Morgan fingerprint density at radius 3 is 2.26 bits per heavy atom. The van der Waals surface area contributed by atoms with E-state index in [1.807, 2.05) is 0 Å². The van der Waals surface area contributed by atoms with Crippen molar-refractivity contribution in [2.24, 2.45) is 0 Å². The van der Waals surface area contributed by atoms with Crippen LogP contribution in [-0.2, 0) is 10.8 Å². The van der Waals surface area contributed by atoms with Crippen LogP contribution in [0.1, 0.15) is 67.9 Å². The summed E-state index contributed by atoms with van der Waals surface area (Å²) in [4.78, 5) is 0. The molecule has 0 spiro atoms. The largest absolute Gasteiger partial charge is 0.309 e. The van der Waals surface area contributed by atoms with Crippen LogP contribution in [0.25, 0.3) is 44.2 Å². The van der Waals surface area contributed by atoms with Crippen molar-refractivity contribution in [2.45, 2.75) is 50.9 Å². The molecule has 0 radical (unpaired) electrons. The van der Waals surface area contributed by atoms with Gasteiger partial charge in [-0.05, 0) is 69.1 Å².